The fraction of sp³-hybridized carbons (Fsp3) is 0.300. The zero-order valence-corrected chi connectivity index (χ0v) is 9.45. The van der Waals surface area contributed by atoms with Crippen LogP contribution in [0.5, 0.6) is 5.75 Å². The minimum Gasteiger partial charge on any atom is -0.496 e. The van der Waals surface area contributed by atoms with Crippen LogP contribution in [0.4, 0.5) is 0 Å². The molecule has 0 bridgehead atoms. The van der Waals surface area contributed by atoms with E-state index in [4.69, 9.17) is 27.9 Å². The van der Waals surface area contributed by atoms with Crippen molar-refractivity contribution in [3.63, 3.8) is 0 Å². The van der Waals surface area contributed by atoms with E-state index in [0.29, 0.717) is 16.3 Å². The summed E-state index contributed by atoms with van der Waals surface area (Å²) >= 11 is 11.4. The predicted molar refractivity (Wildman–Crippen MR) is 57.8 cm³/mol. The smallest absolute Gasteiger partial charge is 0.181 e. The highest BCUT2D eigenvalue weighted by atomic mass is 35.5. The minimum atomic E-state index is -0.189. The van der Waals surface area contributed by atoms with E-state index in [1.807, 2.05) is 6.92 Å². The summed E-state index contributed by atoms with van der Waals surface area (Å²) in [6, 6.07) is 3.31. The highest BCUT2D eigenvalue weighted by Gasteiger charge is 2.13. The van der Waals surface area contributed by atoms with E-state index in [-0.39, 0.29) is 11.7 Å². The Bertz CT molecular complexity index is 361. The number of methoxy groups -OCH3 is 1. The number of carbonyl (C=O) groups is 1. The molecule has 0 aromatic heterocycles. The Morgan fingerprint density at radius 1 is 1.50 bits per heavy atom. The molecule has 0 fully saturated rings. The normalized spacial score (nSPS) is 10.0. The maximum absolute atomic E-state index is 11.4. The van der Waals surface area contributed by atoms with Crippen LogP contribution < -0.4 is 4.74 Å². The third-order valence-corrected chi connectivity index (χ3v) is 2.55. The number of alkyl halides is 1. The van der Waals surface area contributed by atoms with E-state index in [2.05, 4.69) is 0 Å². The van der Waals surface area contributed by atoms with Crippen LogP contribution in [0.2, 0.25) is 5.02 Å². The number of ether oxygens (including phenoxy) is 1. The molecule has 0 atom stereocenters. The van der Waals surface area contributed by atoms with Crippen LogP contribution in [0.1, 0.15) is 15.9 Å². The Labute approximate surface area is 92.8 Å². The lowest BCUT2D eigenvalue weighted by atomic mass is 10.1. The van der Waals surface area contributed by atoms with Gasteiger partial charge in [0.25, 0.3) is 0 Å². The standard InChI is InChI=1S/C10H10Cl2O2/c1-6-3-10(14-2)7(4-8(6)12)9(13)5-11/h3-4H,5H2,1-2H3. The first kappa shape index (κ1) is 11.3. The Morgan fingerprint density at radius 2 is 2.14 bits per heavy atom. The Balaban J connectivity index is 3.27. The summed E-state index contributed by atoms with van der Waals surface area (Å²) in [5.41, 5.74) is 1.30. The van der Waals surface area contributed by atoms with Gasteiger partial charge >= 0.3 is 0 Å². The molecule has 14 heavy (non-hydrogen) atoms. The van der Waals surface area contributed by atoms with Crippen molar-refractivity contribution in [1.29, 1.82) is 0 Å². The molecule has 0 N–H and O–H groups in total. The van der Waals surface area contributed by atoms with Crippen LogP contribution in [0.3, 0.4) is 0 Å². The van der Waals surface area contributed by atoms with Crippen LogP contribution in [-0.4, -0.2) is 18.8 Å². The van der Waals surface area contributed by atoms with E-state index in [0.717, 1.165) is 5.56 Å². The molecule has 1 rings (SSSR count). The molecular weight excluding hydrogens is 223 g/mol. The van der Waals surface area contributed by atoms with Crippen molar-refractivity contribution in [2.45, 2.75) is 6.92 Å². The second kappa shape index (κ2) is 4.67. The molecule has 0 radical (unpaired) electrons. The summed E-state index contributed by atoms with van der Waals surface area (Å²) in [6.45, 7) is 1.85. The predicted octanol–water partition coefficient (Wildman–Crippen LogP) is 3.08. The number of benzene rings is 1. The van der Waals surface area contributed by atoms with Gasteiger partial charge in [-0.3, -0.25) is 4.79 Å². The van der Waals surface area contributed by atoms with Gasteiger partial charge in [-0.15, -0.1) is 11.6 Å². The minimum absolute atomic E-state index is 0.0737. The number of halogens is 2. The first-order chi connectivity index (χ1) is 6.60. The summed E-state index contributed by atoms with van der Waals surface area (Å²) in [5, 5.41) is 0.541. The summed E-state index contributed by atoms with van der Waals surface area (Å²) < 4.78 is 5.07. The molecule has 0 aliphatic carbocycles. The lowest BCUT2D eigenvalue weighted by Crippen LogP contribution is -2.03. The molecule has 0 heterocycles. The van der Waals surface area contributed by atoms with Crippen molar-refractivity contribution in [3.05, 3.63) is 28.3 Å². The topological polar surface area (TPSA) is 26.3 Å². The number of hydrogen-bond acceptors (Lipinski definition) is 2. The zero-order valence-electron chi connectivity index (χ0n) is 7.93. The van der Waals surface area contributed by atoms with Gasteiger partial charge in [0.05, 0.1) is 18.6 Å². The lowest BCUT2D eigenvalue weighted by molar-refractivity contribution is 0.101. The molecule has 4 heteroatoms. The molecular formula is C10H10Cl2O2. The molecule has 76 valence electrons. The van der Waals surface area contributed by atoms with Crippen LogP contribution in [0.25, 0.3) is 0 Å². The van der Waals surface area contributed by atoms with E-state index in [1.54, 1.807) is 12.1 Å². The van der Waals surface area contributed by atoms with E-state index >= 15 is 0 Å². The summed E-state index contributed by atoms with van der Waals surface area (Å²) in [7, 11) is 1.51. The summed E-state index contributed by atoms with van der Waals surface area (Å²) in [5.74, 6) is 0.249. The van der Waals surface area contributed by atoms with Gasteiger partial charge in [-0.05, 0) is 24.6 Å². The maximum Gasteiger partial charge on any atom is 0.181 e. The Morgan fingerprint density at radius 3 is 2.64 bits per heavy atom. The molecule has 0 saturated heterocycles. The SMILES string of the molecule is COc1cc(C)c(Cl)cc1C(=O)CCl. The molecule has 0 aliphatic heterocycles. The van der Waals surface area contributed by atoms with Gasteiger partial charge in [-0.2, -0.15) is 0 Å². The average Bonchev–Trinajstić information content (AvgIpc) is 2.20. The van der Waals surface area contributed by atoms with Crippen LogP contribution in [-0.2, 0) is 0 Å². The second-order valence-electron chi connectivity index (χ2n) is 2.86. The number of rotatable bonds is 3. The summed E-state index contributed by atoms with van der Waals surface area (Å²) in [6.07, 6.45) is 0. The van der Waals surface area contributed by atoms with Gasteiger partial charge in [-0.25, -0.2) is 0 Å². The van der Waals surface area contributed by atoms with Gasteiger partial charge in [-0.1, -0.05) is 11.6 Å². The first-order valence-electron chi connectivity index (χ1n) is 4.03. The molecule has 0 saturated carbocycles. The molecule has 0 amide bonds. The molecule has 1 aromatic carbocycles. The Kier molecular flexibility index (Phi) is 3.78. The van der Waals surface area contributed by atoms with Crippen LogP contribution >= 0.6 is 23.2 Å². The highest BCUT2D eigenvalue weighted by molar-refractivity contribution is 6.33. The monoisotopic (exact) mass is 232 g/mol. The van der Waals surface area contributed by atoms with Gasteiger partial charge < -0.3 is 4.74 Å². The van der Waals surface area contributed by atoms with Gasteiger partial charge in [0.15, 0.2) is 5.78 Å². The first-order valence-corrected chi connectivity index (χ1v) is 4.94. The third-order valence-electron chi connectivity index (χ3n) is 1.90. The third kappa shape index (κ3) is 2.20. The van der Waals surface area contributed by atoms with Crippen LogP contribution in [0, 0.1) is 6.92 Å². The van der Waals surface area contributed by atoms with E-state index in [1.165, 1.54) is 7.11 Å². The molecule has 0 aliphatic rings. The average molecular weight is 233 g/mol. The van der Waals surface area contributed by atoms with Crippen molar-refractivity contribution in [2.24, 2.45) is 0 Å². The van der Waals surface area contributed by atoms with Crippen molar-refractivity contribution in [2.75, 3.05) is 13.0 Å². The largest absolute Gasteiger partial charge is 0.496 e. The van der Waals surface area contributed by atoms with Crippen molar-refractivity contribution in [1.82, 2.24) is 0 Å². The molecule has 1 aromatic rings. The number of hydrogen-bond donors (Lipinski definition) is 0. The summed E-state index contributed by atoms with van der Waals surface area (Å²) in [4.78, 5) is 11.4. The number of ketones is 1. The number of carbonyl (C=O) groups excluding carboxylic acids is 1. The molecule has 0 spiro atoms. The maximum atomic E-state index is 11.4. The van der Waals surface area contributed by atoms with E-state index in [9.17, 15) is 4.79 Å². The van der Waals surface area contributed by atoms with E-state index < -0.39 is 0 Å². The van der Waals surface area contributed by atoms with Gasteiger partial charge in [0, 0.05) is 5.02 Å². The fourth-order valence-corrected chi connectivity index (χ4v) is 1.42. The van der Waals surface area contributed by atoms with Crippen molar-refractivity contribution in [3.8, 4) is 5.75 Å². The Hall–Kier alpha value is -0.730. The number of aryl methyl sites for hydroxylation is 1. The van der Waals surface area contributed by atoms with Crippen molar-refractivity contribution < 1.29 is 9.53 Å². The fourth-order valence-electron chi connectivity index (χ4n) is 1.11. The second-order valence-corrected chi connectivity index (χ2v) is 3.53. The van der Waals surface area contributed by atoms with Gasteiger partial charge in [0.1, 0.15) is 5.75 Å². The highest BCUT2D eigenvalue weighted by Crippen LogP contribution is 2.27. The zero-order chi connectivity index (χ0) is 10.7. The quantitative estimate of drug-likeness (QED) is 0.592. The van der Waals surface area contributed by atoms with Crippen molar-refractivity contribution >= 4 is 29.0 Å². The lowest BCUT2D eigenvalue weighted by Gasteiger charge is -2.08. The van der Waals surface area contributed by atoms with Gasteiger partial charge in [0.2, 0.25) is 0 Å². The van der Waals surface area contributed by atoms with Crippen LogP contribution in [0.15, 0.2) is 12.1 Å². The molecule has 0 unspecified atom stereocenters. The number of Topliss-reactive ketones (excluding diaryl/α,β-unsaturated/α-hetero) is 1. The molecule has 2 nitrogen and oxygen atoms in total.